The Bertz CT molecular complexity index is 235. The molecule has 0 bridgehead atoms. The van der Waals surface area contributed by atoms with Gasteiger partial charge in [0.25, 0.3) is 0 Å². The third-order valence-electron chi connectivity index (χ3n) is 1.16. The number of carboxylic acid groups (broad SMARTS) is 1. The first kappa shape index (κ1) is 7.53. The van der Waals surface area contributed by atoms with Gasteiger partial charge in [0.15, 0.2) is 0 Å². The molecule has 0 aromatic carbocycles. The highest BCUT2D eigenvalue weighted by atomic mass is 16.4. The van der Waals surface area contributed by atoms with Gasteiger partial charge in [0.2, 0.25) is 0 Å². The van der Waals surface area contributed by atoms with Gasteiger partial charge in [-0.15, -0.1) is 0 Å². The maximum atomic E-state index is 9.93. The van der Waals surface area contributed by atoms with Crippen molar-refractivity contribution in [3.05, 3.63) is 30.1 Å². The van der Waals surface area contributed by atoms with E-state index in [1.807, 2.05) is 0 Å². The molecule has 0 atom stereocenters. The van der Waals surface area contributed by atoms with E-state index in [0.29, 0.717) is 0 Å². The summed E-state index contributed by atoms with van der Waals surface area (Å²) in [6.45, 7) is 0.246. The number of amides is 1. The van der Waals surface area contributed by atoms with Gasteiger partial charge in [-0.3, -0.25) is 4.98 Å². The quantitative estimate of drug-likeness (QED) is 0.620. The Morgan fingerprint density at radius 3 is 3.09 bits per heavy atom. The van der Waals surface area contributed by atoms with Crippen molar-refractivity contribution >= 4 is 6.09 Å². The molecule has 1 heterocycles. The van der Waals surface area contributed by atoms with Crippen molar-refractivity contribution in [1.82, 2.24) is 10.3 Å². The predicted octanol–water partition coefficient (Wildman–Crippen LogP) is -0.486. The van der Waals surface area contributed by atoms with E-state index in [1.165, 1.54) is 0 Å². The maximum Gasteiger partial charge on any atom is 0.134 e. The molecule has 1 aromatic heterocycles. The minimum absolute atomic E-state index is 0.246. The topological polar surface area (TPSA) is 65.0 Å². The molecule has 4 nitrogen and oxygen atoms in total. The molecule has 1 amide bonds. The maximum absolute atomic E-state index is 9.93. The fourth-order valence-corrected chi connectivity index (χ4v) is 0.677. The molecule has 0 saturated heterocycles. The number of carbonyl (C=O) groups excluding carboxylic acids is 1. The van der Waals surface area contributed by atoms with E-state index in [2.05, 4.69) is 10.3 Å². The lowest BCUT2D eigenvalue weighted by Gasteiger charge is -2.04. The van der Waals surface area contributed by atoms with Gasteiger partial charge >= 0.3 is 0 Å². The van der Waals surface area contributed by atoms with Crippen molar-refractivity contribution in [2.45, 2.75) is 6.54 Å². The Hall–Kier alpha value is -1.58. The molecule has 0 aliphatic carbocycles. The van der Waals surface area contributed by atoms with Crippen LogP contribution in [0.25, 0.3) is 0 Å². The number of hydrogen-bond acceptors (Lipinski definition) is 3. The largest absolute Gasteiger partial charge is 0.530 e. The van der Waals surface area contributed by atoms with Crippen molar-refractivity contribution < 1.29 is 9.90 Å². The second kappa shape index (κ2) is 3.55. The van der Waals surface area contributed by atoms with Crippen LogP contribution in [0.4, 0.5) is 4.79 Å². The second-order valence-corrected chi connectivity index (χ2v) is 2.00. The molecular weight excluding hydrogens is 144 g/mol. The Kier molecular flexibility index (Phi) is 2.43. The van der Waals surface area contributed by atoms with Crippen LogP contribution in [0.2, 0.25) is 0 Å². The molecule has 1 rings (SSSR count). The molecule has 0 unspecified atom stereocenters. The molecule has 0 aliphatic rings. The first-order chi connectivity index (χ1) is 5.29. The van der Waals surface area contributed by atoms with Crippen molar-refractivity contribution in [1.29, 1.82) is 0 Å². The highest BCUT2D eigenvalue weighted by molar-refractivity contribution is 5.61. The van der Waals surface area contributed by atoms with E-state index < -0.39 is 6.09 Å². The summed E-state index contributed by atoms with van der Waals surface area (Å²) >= 11 is 0. The zero-order valence-corrected chi connectivity index (χ0v) is 5.78. The molecule has 11 heavy (non-hydrogen) atoms. The minimum Gasteiger partial charge on any atom is -0.530 e. The molecule has 0 spiro atoms. The van der Waals surface area contributed by atoms with E-state index in [0.717, 1.165) is 5.56 Å². The Balaban J connectivity index is 2.45. The van der Waals surface area contributed by atoms with Crippen LogP contribution in [-0.2, 0) is 6.54 Å². The lowest BCUT2D eigenvalue weighted by Crippen LogP contribution is -2.35. The summed E-state index contributed by atoms with van der Waals surface area (Å²) < 4.78 is 0. The average molecular weight is 151 g/mol. The van der Waals surface area contributed by atoms with Crippen LogP contribution in [0.1, 0.15) is 5.56 Å². The van der Waals surface area contributed by atoms with Crippen molar-refractivity contribution in [2.75, 3.05) is 0 Å². The lowest BCUT2D eigenvalue weighted by molar-refractivity contribution is -0.251. The van der Waals surface area contributed by atoms with E-state index in [9.17, 15) is 9.90 Å². The monoisotopic (exact) mass is 151 g/mol. The highest BCUT2D eigenvalue weighted by Gasteiger charge is 1.88. The summed E-state index contributed by atoms with van der Waals surface area (Å²) in [5, 5.41) is 12.1. The Morgan fingerprint density at radius 1 is 1.73 bits per heavy atom. The van der Waals surface area contributed by atoms with E-state index in [4.69, 9.17) is 0 Å². The van der Waals surface area contributed by atoms with Crippen LogP contribution in [0.3, 0.4) is 0 Å². The third kappa shape index (κ3) is 2.66. The number of hydrogen-bond donors (Lipinski definition) is 1. The first-order valence-electron chi connectivity index (χ1n) is 3.13. The van der Waals surface area contributed by atoms with Crippen molar-refractivity contribution in [3.63, 3.8) is 0 Å². The van der Waals surface area contributed by atoms with Gasteiger partial charge in [-0.2, -0.15) is 0 Å². The molecule has 4 heteroatoms. The average Bonchev–Trinajstić information content (AvgIpc) is 2.03. The summed E-state index contributed by atoms with van der Waals surface area (Å²) in [7, 11) is 0. The first-order valence-corrected chi connectivity index (χ1v) is 3.13. The molecule has 0 radical (unpaired) electrons. The summed E-state index contributed by atoms with van der Waals surface area (Å²) in [4.78, 5) is 13.7. The van der Waals surface area contributed by atoms with Crippen LogP contribution < -0.4 is 10.4 Å². The number of nitrogens with one attached hydrogen (secondary N) is 1. The van der Waals surface area contributed by atoms with Gasteiger partial charge in [0.1, 0.15) is 6.09 Å². The number of rotatable bonds is 2. The normalized spacial score (nSPS) is 9.09. The molecular formula is C7H7N2O2-. The molecule has 1 N–H and O–H groups in total. The summed E-state index contributed by atoms with van der Waals surface area (Å²) in [5.74, 6) is 0. The summed E-state index contributed by atoms with van der Waals surface area (Å²) in [6.07, 6.45) is 1.95. The number of carbonyl (C=O) groups is 1. The van der Waals surface area contributed by atoms with Crippen LogP contribution in [0.15, 0.2) is 24.5 Å². The zero-order chi connectivity index (χ0) is 8.10. The summed E-state index contributed by atoms with van der Waals surface area (Å²) in [6, 6.07) is 3.52. The predicted molar refractivity (Wildman–Crippen MR) is 36.5 cm³/mol. The van der Waals surface area contributed by atoms with Crippen LogP contribution >= 0.6 is 0 Å². The van der Waals surface area contributed by atoms with Gasteiger partial charge in [0, 0.05) is 18.9 Å². The van der Waals surface area contributed by atoms with Crippen LogP contribution in [0.5, 0.6) is 0 Å². The Morgan fingerprint density at radius 2 is 2.55 bits per heavy atom. The zero-order valence-electron chi connectivity index (χ0n) is 5.78. The summed E-state index contributed by atoms with van der Waals surface area (Å²) in [5.41, 5.74) is 0.816. The third-order valence-corrected chi connectivity index (χ3v) is 1.16. The molecule has 58 valence electrons. The van der Waals surface area contributed by atoms with Crippen LogP contribution in [0, 0.1) is 0 Å². The van der Waals surface area contributed by atoms with E-state index >= 15 is 0 Å². The number of aromatic nitrogens is 1. The van der Waals surface area contributed by atoms with Crippen LogP contribution in [-0.4, -0.2) is 11.1 Å². The highest BCUT2D eigenvalue weighted by Crippen LogP contribution is 1.92. The Labute approximate surface area is 63.9 Å². The molecule has 0 saturated carbocycles. The number of nitrogens with zero attached hydrogens (tertiary/aromatic N) is 1. The fourth-order valence-electron chi connectivity index (χ4n) is 0.677. The molecule has 0 fully saturated rings. The number of pyridine rings is 1. The SMILES string of the molecule is O=C([O-])NCc1cccnc1. The van der Waals surface area contributed by atoms with Gasteiger partial charge in [-0.1, -0.05) is 6.07 Å². The van der Waals surface area contributed by atoms with Gasteiger partial charge in [0.05, 0.1) is 0 Å². The smallest absolute Gasteiger partial charge is 0.134 e. The second-order valence-electron chi connectivity index (χ2n) is 2.00. The van der Waals surface area contributed by atoms with E-state index in [-0.39, 0.29) is 6.54 Å². The standard InChI is InChI=1S/C7H8N2O2/c10-7(11)9-5-6-2-1-3-8-4-6/h1-4,9H,5H2,(H,10,11)/p-1. The van der Waals surface area contributed by atoms with Crippen molar-refractivity contribution in [3.8, 4) is 0 Å². The molecule has 0 aliphatic heterocycles. The fraction of sp³-hybridized carbons (Fsp3) is 0.143. The minimum atomic E-state index is -1.27. The van der Waals surface area contributed by atoms with Crippen molar-refractivity contribution in [2.24, 2.45) is 0 Å². The lowest BCUT2D eigenvalue weighted by atomic mass is 10.3. The molecule has 1 aromatic rings. The van der Waals surface area contributed by atoms with Gasteiger partial charge in [-0.25, -0.2) is 0 Å². The van der Waals surface area contributed by atoms with Gasteiger partial charge < -0.3 is 15.2 Å². The van der Waals surface area contributed by atoms with Gasteiger partial charge in [-0.05, 0) is 11.6 Å². The van der Waals surface area contributed by atoms with E-state index in [1.54, 1.807) is 24.5 Å².